The zero-order chi connectivity index (χ0) is 82.5. The number of ketones is 2. The van der Waals surface area contributed by atoms with Gasteiger partial charge in [-0.15, -0.1) is 25.3 Å². The van der Waals surface area contributed by atoms with Crippen molar-refractivity contribution in [3.8, 4) is 5.75 Å². The molecule has 3 heterocycles. The highest BCUT2D eigenvalue weighted by atomic mass is 32.2. The summed E-state index contributed by atoms with van der Waals surface area (Å²) < 4.78 is 139. The van der Waals surface area contributed by atoms with E-state index in [-0.39, 0.29) is 122 Å². The van der Waals surface area contributed by atoms with Crippen LogP contribution >= 0.6 is 0 Å². The second kappa shape index (κ2) is 48.0. The summed E-state index contributed by atoms with van der Waals surface area (Å²) in [6.45, 7) is 9.96. The van der Waals surface area contributed by atoms with Crippen molar-refractivity contribution in [3.63, 3.8) is 0 Å². The Labute approximate surface area is 652 Å². The molecule has 0 unspecified atom stereocenters. The lowest BCUT2D eigenvalue weighted by Crippen LogP contribution is -2.46. The number of H-pyrrole nitrogens is 1. The molecule has 3 aliphatic rings. The highest BCUT2D eigenvalue weighted by Gasteiger charge is 2.44. The number of anilines is 1. The number of aromatic nitrogens is 2. The molecule has 614 valence electrons. The van der Waals surface area contributed by atoms with Gasteiger partial charge in [-0.1, -0.05) is 75.9 Å². The number of imidazole rings is 1. The van der Waals surface area contributed by atoms with Gasteiger partial charge in [-0.2, -0.15) is 22.6 Å². The number of rotatable bonds is 43. The number of fused-ring (bicyclic) bond motifs is 2. The molecule has 0 spiro atoms. The Balaban J connectivity index is 0.00000254. The number of hydrogen-bond acceptors (Lipinski definition) is 25. The van der Waals surface area contributed by atoms with Crippen LogP contribution in [0.25, 0.3) is 0 Å². The molecule has 112 heavy (non-hydrogen) atoms. The van der Waals surface area contributed by atoms with E-state index in [9.17, 15) is 69.7 Å². The number of carbonyl (C=O) groups excluding carboxylic acids is 6. The first kappa shape index (κ1) is 96.2. The van der Waals surface area contributed by atoms with Crippen LogP contribution < -0.4 is 25.6 Å². The molecule has 7 rings (SSSR count). The molecule has 0 fully saturated rings. The number of hydrogen-bond donors (Lipinski definition) is 8. The number of aliphatic carboxylic acids is 3. The van der Waals surface area contributed by atoms with Crippen LogP contribution in [-0.4, -0.2) is 204 Å². The average molecular weight is 1640 g/mol. The van der Waals surface area contributed by atoms with Crippen molar-refractivity contribution in [3.05, 3.63) is 155 Å². The van der Waals surface area contributed by atoms with Crippen LogP contribution in [0.15, 0.2) is 132 Å². The van der Waals surface area contributed by atoms with Crippen molar-refractivity contribution in [2.24, 2.45) is 5.92 Å². The highest BCUT2D eigenvalue weighted by Crippen LogP contribution is 2.48. The van der Waals surface area contributed by atoms with Gasteiger partial charge in [-0.3, -0.25) is 28.5 Å². The van der Waals surface area contributed by atoms with E-state index < -0.39 is 118 Å². The van der Waals surface area contributed by atoms with E-state index >= 15 is 0 Å². The molecule has 2 aliphatic heterocycles. The zero-order valence-electron chi connectivity index (χ0n) is 61.7. The molecule has 34 nitrogen and oxygen atoms in total. The monoisotopic (exact) mass is 1640 g/mol. The Morgan fingerprint density at radius 2 is 1.35 bits per heavy atom. The van der Waals surface area contributed by atoms with E-state index in [1.165, 1.54) is 12.5 Å². The first-order chi connectivity index (χ1) is 52.4. The van der Waals surface area contributed by atoms with E-state index in [1.54, 1.807) is 24.3 Å². The predicted octanol–water partition coefficient (Wildman–Crippen LogP) is 6.61. The third-order valence-electron chi connectivity index (χ3n) is 17.9. The van der Waals surface area contributed by atoms with Gasteiger partial charge < -0.3 is 59.9 Å². The first-order valence-electron chi connectivity index (χ1n) is 35.2. The Kier molecular flexibility index (Phi) is 41.2. The van der Waals surface area contributed by atoms with Crippen molar-refractivity contribution < 1.29 is 128 Å². The molecule has 38 heteroatoms. The molecule has 3 aromatic carbocycles. The van der Waals surface area contributed by atoms with Crippen molar-refractivity contribution in [2.75, 3.05) is 62.5 Å². The van der Waals surface area contributed by atoms with Crippen LogP contribution in [0.5, 0.6) is 5.75 Å². The first-order valence-corrected chi connectivity index (χ1v) is 40.4. The quantitative estimate of drug-likeness (QED) is 0.0131. The Morgan fingerprint density at radius 1 is 0.714 bits per heavy atom. The van der Waals surface area contributed by atoms with Gasteiger partial charge in [0.2, 0.25) is 11.6 Å². The number of allylic oxidation sites excluding steroid dienone is 7. The number of amides is 3. The van der Waals surface area contributed by atoms with Crippen LogP contribution in [0.3, 0.4) is 0 Å². The lowest BCUT2D eigenvalue weighted by molar-refractivity contribution is -0.438. The van der Waals surface area contributed by atoms with Crippen molar-refractivity contribution in [1.29, 1.82) is 0 Å². The zero-order valence-corrected chi connectivity index (χ0v) is 64.9. The minimum Gasteiger partial charge on any atom is -0.748 e. The number of benzene rings is 3. The van der Waals surface area contributed by atoms with E-state index in [4.69, 9.17) is 54.2 Å². The second-order valence-corrected chi connectivity index (χ2v) is 30.6. The summed E-state index contributed by atoms with van der Waals surface area (Å²) in [6.07, 6.45) is 14.6. The summed E-state index contributed by atoms with van der Waals surface area (Å²) in [5.41, 5.74) is 8.14. The number of aromatic amines is 1. The van der Waals surface area contributed by atoms with Gasteiger partial charge in [0.1, 0.15) is 29.9 Å². The number of urea groups is 1. The fraction of sp³-hybridized carbons (Fsp3) is 0.486. The van der Waals surface area contributed by atoms with Gasteiger partial charge in [0.15, 0.2) is 11.5 Å². The molecule has 0 radical (unpaired) electrons. The summed E-state index contributed by atoms with van der Waals surface area (Å²) in [7, 11) is -14.8. The van der Waals surface area contributed by atoms with E-state index in [0.29, 0.717) is 68.0 Å². The maximum absolute atomic E-state index is 14.1. The molecule has 8 N–H and O–H groups in total. The highest BCUT2D eigenvalue weighted by molar-refractivity contribution is 7.85. The largest absolute Gasteiger partial charge is 0.748 e. The minimum absolute atomic E-state index is 0. The second-order valence-electron chi connectivity index (χ2n) is 26.7. The third-order valence-corrected chi connectivity index (χ3v) is 19.5. The van der Waals surface area contributed by atoms with Crippen molar-refractivity contribution in [1.82, 2.24) is 25.9 Å². The predicted molar refractivity (Wildman–Crippen MR) is 403 cm³/mol. The molecular formula is C74H97N7O27S4. The number of carboxylic acid groups (broad SMARTS) is 3. The molecule has 0 saturated carbocycles. The number of Topliss-reactive ketones (excluding diaryl/α,β-unsaturated/α-hetero) is 2. The van der Waals surface area contributed by atoms with Gasteiger partial charge in [-0.25, -0.2) is 23.0 Å². The smallest absolute Gasteiger partial charge is 0.425 e. The Hall–Kier alpha value is -10.0. The van der Waals surface area contributed by atoms with E-state index in [0.717, 1.165) is 51.5 Å². The van der Waals surface area contributed by atoms with Gasteiger partial charge in [0.25, 0.3) is 10.1 Å². The number of unbranched alkanes of at least 4 members (excludes halogenated alkanes) is 2. The van der Waals surface area contributed by atoms with Crippen LogP contribution in [-0.2, 0) is 113 Å². The summed E-state index contributed by atoms with van der Waals surface area (Å²) >= 11 is 0. The molecule has 1 aliphatic carbocycles. The van der Waals surface area contributed by atoms with Crippen LogP contribution in [0.4, 0.5) is 16.2 Å². The summed E-state index contributed by atoms with van der Waals surface area (Å²) in [5, 5.41) is 36.2. The van der Waals surface area contributed by atoms with Crippen molar-refractivity contribution >= 4 is 106 Å². The fourth-order valence-electron chi connectivity index (χ4n) is 12.6. The summed E-state index contributed by atoms with van der Waals surface area (Å²) in [6, 6.07) is 19.9. The van der Waals surface area contributed by atoms with Gasteiger partial charge in [0, 0.05) is 117 Å². The SMILES string of the molecule is C.CC1(C)C(=CC=C2CCCC(C=CC3=[N+](CCCCS(=O)(=O)O)c4ccccc4C3(C)C)=C2Oc2ccc(C[C@H](CC(=O)[C@H](Cc3cnc[nH]3)NC(=O)CCOCCOCCCC(=O)CC[C@H](NC(=O)NCCCC(=O)O)C(=O)O)C(=O)O)cc2)N(CCCCS(=O)(=O)[O-])c2ccccc21.O=C=O.O=S(=O)=O.O=S(=O)=O. The third kappa shape index (κ3) is 34.3. The number of nitrogens with zero attached hydrogens (tertiary/aromatic N) is 3. The number of carboxylic acids is 3. The molecule has 1 aromatic heterocycles. The summed E-state index contributed by atoms with van der Waals surface area (Å²) in [4.78, 5) is 113. The maximum Gasteiger partial charge on any atom is 0.425 e. The van der Waals surface area contributed by atoms with Gasteiger partial charge >= 0.3 is 51.3 Å². The number of carbonyl (C=O) groups is 7. The number of ether oxygens (including phenoxy) is 3. The number of para-hydroxylation sites is 2. The van der Waals surface area contributed by atoms with Crippen LogP contribution in [0.2, 0.25) is 0 Å². The van der Waals surface area contributed by atoms with Gasteiger partial charge in [-0.05, 0) is 131 Å². The minimum atomic E-state index is -4.39. The maximum atomic E-state index is 14.1. The van der Waals surface area contributed by atoms with Crippen molar-refractivity contribution in [2.45, 2.75) is 167 Å². The van der Waals surface area contributed by atoms with Crippen LogP contribution in [0.1, 0.15) is 154 Å². The molecule has 3 amide bonds. The molecule has 0 saturated heterocycles. The topological polar surface area (TPSA) is 527 Å². The van der Waals surface area contributed by atoms with Crippen LogP contribution in [0, 0.1) is 5.92 Å². The summed E-state index contributed by atoms with van der Waals surface area (Å²) in [5.74, 6) is -5.75. The molecule has 0 bridgehead atoms. The number of nitrogens with one attached hydrogen (secondary N) is 4. The van der Waals surface area contributed by atoms with E-state index in [2.05, 4.69) is 99.5 Å². The molecule has 3 atom stereocenters. The lowest BCUT2D eigenvalue weighted by atomic mass is 9.81. The average Bonchev–Trinajstić information content (AvgIpc) is 1.60. The Bertz CT molecular complexity index is 4510. The lowest BCUT2D eigenvalue weighted by Gasteiger charge is -2.28. The fourth-order valence-corrected chi connectivity index (χ4v) is 13.8. The van der Waals surface area contributed by atoms with E-state index in [1.807, 2.05) is 36.4 Å². The standard InChI is InChI=1S/C72H93N7O19S2.CO2.CH4.2O3S/c1-71(2)56-19-5-7-21-60(56)78(36-9-11-42-99(90,91)92)63(71)32-26-50-16-13-17-51(27-33-64-72(3,4)57-20-6-8-22-61(57)79(64)37-10-12-43-100(93,94)95)67(50)98-55-29-24-49(25-30-55)44-52(68(85)86)45-62(81)59(46-53-47-73-48-75-53)76-65(82)34-39-97-41-40-96-38-15-18-54(80)28-31-58(69(87)88)77-70(89)74-35-14-23-66(83)84;2-1-3;;2*1-4(2)3/h5-8,19-22,24-27,29-30,32-33,47-48,52,58-59H,9-18,23,28,31,34-46H2,1-4H3,(H8-,73,74,75,76,77,82,83,84,85,86,87,88,89,90,91,92,93,94,95);;1H4;;/t52-,58+,59+;;;;/m1..../s1. The molecule has 4 aromatic rings. The normalized spacial score (nSPS) is 15.4. The Morgan fingerprint density at radius 3 is 1.96 bits per heavy atom. The van der Waals surface area contributed by atoms with Gasteiger partial charge in [0.05, 0.1) is 59.4 Å². The molecular weight excluding hydrogens is 1550 g/mol.